The smallest absolute Gasteiger partial charge is 0.244 e. The molecule has 2 atom stereocenters. The Kier molecular flexibility index (Phi) is 3.96. The lowest BCUT2D eigenvalue weighted by atomic mass is 9.98. The van der Waals surface area contributed by atoms with E-state index in [1.54, 1.807) is 11.9 Å². The summed E-state index contributed by atoms with van der Waals surface area (Å²) in [5, 5.41) is 9.21. The summed E-state index contributed by atoms with van der Waals surface area (Å²) in [5.41, 5.74) is 0.746. The lowest BCUT2D eigenvalue weighted by Gasteiger charge is -2.25. The third-order valence-corrected chi connectivity index (χ3v) is 3.31. The third kappa shape index (κ3) is 2.52. The number of carbonyl (C=O) groups is 1. The molecule has 1 aliphatic heterocycles. The minimum atomic E-state index is -0.725. The monoisotopic (exact) mass is 244 g/mol. The average molecular weight is 244 g/mol. The van der Waals surface area contributed by atoms with Gasteiger partial charge in [0.25, 0.3) is 0 Å². The SMILES string of the molecule is CN(C(=O)C(C#N)c1ccccc1)C1CCOC1. The molecule has 18 heavy (non-hydrogen) atoms. The molecule has 1 aromatic carbocycles. The summed E-state index contributed by atoms with van der Waals surface area (Å²) in [6, 6.07) is 11.4. The average Bonchev–Trinajstić information content (AvgIpc) is 2.94. The van der Waals surface area contributed by atoms with Gasteiger partial charge in [-0.2, -0.15) is 5.26 Å². The molecule has 4 heteroatoms. The summed E-state index contributed by atoms with van der Waals surface area (Å²) in [7, 11) is 1.74. The Hall–Kier alpha value is -1.86. The topological polar surface area (TPSA) is 53.3 Å². The number of amides is 1. The zero-order valence-corrected chi connectivity index (χ0v) is 10.4. The van der Waals surface area contributed by atoms with Gasteiger partial charge in [-0.15, -0.1) is 0 Å². The van der Waals surface area contributed by atoms with Crippen LogP contribution in [-0.4, -0.2) is 37.1 Å². The van der Waals surface area contributed by atoms with Gasteiger partial charge in [-0.3, -0.25) is 4.79 Å². The van der Waals surface area contributed by atoms with Crippen molar-refractivity contribution >= 4 is 5.91 Å². The standard InChI is InChI=1S/C14H16N2O2/c1-16(12-7-8-18-10-12)14(17)13(9-15)11-5-3-2-4-6-11/h2-6,12-13H,7-8,10H2,1H3. The molecule has 94 valence electrons. The highest BCUT2D eigenvalue weighted by molar-refractivity contribution is 5.86. The Bertz CT molecular complexity index is 447. The molecule has 0 aromatic heterocycles. The minimum Gasteiger partial charge on any atom is -0.379 e. The van der Waals surface area contributed by atoms with Crippen molar-refractivity contribution in [3.8, 4) is 6.07 Å². The van der Waals surface area contributed by atoms with Gasteiger partial charge in [0, 0.05) is 13.7 Å². The number of ether oxygens (including phenoxy) is 1. The Balaban J connectivity index is 2.13. The maximum atomic E-state index is 12.3. The first-order chi connectivity index (χ1) is 8.74. The minimum absolute atomic E-state index is 0.0945. The molecule has 0 N–H and O–H groups in total. The molecule has 1 amide bonds. The van der Waals surface area contributed by atoms with Gasteiger partial charge in [0.2, 0.25) is 5.91 Å². The van der Waals surface area contributed by atoms with Crippen LogP contribution in [0.25, 0.3) is 0 Å². The van der Waals surface area contributed by atoms with Crippen LogP contribution in [0.3, 0.4) is 0 Å². The molecular formula is C14H16N2O2. The molecule has 1 saturated heterocycles. The van der Waals surface area contributed by atoms with Crippen LogP contribution < -0.4 is 0 Å². The maximum Gasteiger partial charge on any atom is 0.244 e. The van der Waals surface area contributed by atoms with Crippen LogP contribution in [0, 0.1) is 11.3 Å². The summed E-state index contributed by atoms with van der Waals surface area (Å²) in [5.74, 6) is -0.879. The van der Waals surface area contributed by atoms with Crippen molar-refractivity contribution in [2.45, 2.75) is 18.4 Å². The number of benzene rings is 1. The van der Waals surface area contributed by atoms with Gasteiger partial charge < -0.3 is 9.64 Å². The van der Waals surface area contributed by atoms with E-state index in [-0.39, 0.29) is 11.9 Å². The number of nitriles is 1. The molecule has 2 unspecified atom stereocenters. The van der Waals surface area contributed by atoms with E-state index >= 15 is 0 Å². The predicted molar refractivity (Wildman–Crippen MR) is 66.8 cm³/mol. The molecule has 0 spiro atoms. The zero-order valence-electron chi connectivity index (χ0n) is 10.4. The normalized spacial score (nSPS) is 20.1. The van der Waals surface area contributed by atoms with E-state index in [0.29, 0.717) is 13.2 Å². The number of hydrogen-bond donors (Lipinski definition) is 0. The molecule has 1 aliphatic rings. The highest BCUT2D eigenvalue weighted by Crippen LogP contribution is 2.20. The van der Waals surface area contributed by atoms with Crippen LogP contribution in [0.2, 0.25) is 0 Å². The van der Waals surface area contributed by atoms with Crippen LogP contribution in [0.5, 0.6) is 0 Å². The van der Waals surface area contributed by atoms with E-state index < -0.39 is 5.92 Å². The first-order valence-corrected chi connectivity index (χ1v) is 6.03. The molecule has 0 aliphatic carbocycles. The Morgan fingerprint density at radius 1 is 1.50 bits per heavy atom. The van der Waals surface area contributed by atoms with Crippen LogP contribution in [0.1, 0.15) is 17.9 Å². The summed E-state index contributed by atoms with van der Waals surface area (Å²) in [6.45, 7) is 1.25. The van der Waals surface area contributed by atoms with E-state index in [0.717, 1.165) is 12.0 Å². The van der Waals surface area contributed by atoms with E-state index in [1.807, 2.05) is 30.3 Å². The summed E-state index contributed by atoms with van der Waals surface area (Å²) in [6.07, 6.45) is 0.842. The number of hydrogen-bond acceptors (Lipinski definition) is 3. The molecule has 2 rings (SSSR count). The van der Waals surface area contributed by atoms with Crippen LogP contribution >= 0.6 is 0 Å². The quantitative estimate of drug-likeness (QED) is 0.810. The number of nitrogens with zero attached hydrogens (tertiary/aromatic N) is 2. The maximum absolute atomic E-state index is 12.3. The van der Waals surface area contributed by atoms with E-state index in [1.165, 1.54) is 0 Å². The van der Waals surface area contributed by atoms with Crippen LogP contribution in [-0.2, 0) is 9.53 Å². The van der Waals surface area contributed by atoms with Crippen molar-refractivity contribution in [3.05, 3.63) is 35.9 Å². The largest absolute Gasteiger partial charge is 0.379 e. The lowest BCUT2D eigenvalue weighted by molar-refractivity contribution is -0.132. The van der Waals surface area contributed by atoms with Gasteiger partial charge in [0.05, 0.1) is 18.7 Å². The van der Waals surface area contributed by atoms with Crippen molar-refractivity contribution in [1.82, 2.24) is 4.90 Å². The fraction of sp³-hybridized carbons (Fsp3) is 0.429. The third-order valence-electron chi connectivity index (χ3n) is 3.31. The van der Waals surface area contributed by atoms with E-state index in [2.05, 4.69) is 6.07 Å². The fourth-order valence-corrected chi connectivity index (χ4v) is 2.13. The predicted octanol–water partition coefficient (Wildman–Crippen LogP) is 1.54. The molecule has 0 bridgehead atoms. The molecule has 0 saturated carbocycles. The van der Waals surface area contributed by atoms with Crippen molar-refractivity contribution in [2.24, 2.45) is 0 Å². The van der Waals surface area contributed by atoms with Gasteiger partial charge >= 0.3 is 0 Å². The first-order valence-electron chi connectivity index (χ1n) is 6.03. The van der Waals surface area contributed by atoms with Crippen molar-refractivity contribution in [3.63, 3.8) is 0 Å². The van der Waals surface area contributed by atoms with Gasteiger partial charge in [-0.05, 0) is 12.0 Å². The molecule has 1 aromatic rings. The second kappa shape index (κ2) is 5.65. The van der Waals surface area contributed by atoms with E-state index in [4.69, 9.17) is 4.74 Å². The summed E-state index contributed by atoms with van der Waals surface area (Å²) >= 11 is 0. The molecule has 1 fully saturated rings. The van der Waals surface area contributed by atoms with Gasteiger partial charge in [-0.25, -0.2) is 0 Å². The van der Waals surface area contributed by atoms with Crippen molar-refractivity contribution < 1.29 is 9.53 Å². The summed E-state index contributed by atoms with van der Waals surface area (Å²) in [4.78, 5) is 14.0. The van der Waals surface area contributed by atoms with Gasteiger partial charge in [-0.1, -0.05) is 30.3 Å². The van der Waals surface area contributed by atoms with Gasteiger partial charge in [0.15, 0.2) is 0 Å². The highest BCUT2D eigenvalue weighted by atomic mass is 16.5. The molecule has 0 radical (unpaired) electrons. The fourth-order valence-electron chi connectivity index (χ4n) is 2.13. The number of carbonyl (C=O) groups excluding carboxylic acids is 1. The first kappa shape index (κ1) is 12.6. The van der Waals surface area contributed by atoms with Crippen LogP contribution in [0.4, 0.5) is 0 Å². The number of rotatable bonds is 3. The summed E-state index contributed by atoms with van der Waals surface area (Å²) < 4.78 is 5.27. The van der Waals surface area contributed by atoms with Crippen molar-refractivity contribution in [2.75, 3.05) is 20.3 Å². The van der Waals surface area contributed by atoms with Gasteiger partial charge in [0.1, 0.15) is 5.92 Å². The Morgan fingerprint density at radius 3 is 2.78 bits per heavy atom. The lowest BCUT2D eigenvalue weighted by Crippen LogP contribution is -2.40. The highest BCUT2D eigenvalue weighted by Gasteiger charge is 2.30. The van der Waals surface area contributed by atoms with Crippen molar-refractivity contribution in [1.29, 1.82) is 5.26 Å². The molecular weight excluding hydrogens is 228 g/mol. The molecule has 1 heterocycles. The number of likely N-dealkylation sites (N-methyl/N-ethyl adjacent to an activating group) is 1. The Labute approximate surface area is 107 Å². The zero-order chi connectivity index (χ0) is 13.0. The molecule has 4 nitrogen and oxygen atoms in total. The second-order valence-electron chi connectivity index (χ2n) is 4.44. The van der Waals surface area contributed by atoms with E-state index in [9.17, 15) is 10.1 Å². The second-order valence-corrected chi connectivity index (χ2v) is 4.44. The Morgan fingerprint density at radius 2 is 2.22 bits per heavy atom. The van der Waals surface area contributed by atoms with Crippen LogP contribution in [0.15, 0.2) is 30.3 Å².